The molecule has 0 amide bonds. The van der Waals surface area contributed by atoms with E-state index < -0.39 is 0 Å². The van der Waals surface area contributed by atoms with Gasteiger partial charge in [0.05, 0.1) is 4.08 Å². The lowest BCUT2D eigenvalue weighted by atomic mass is 10.1. The predicted molar refractivity (Wildman–Crippen MR) is 95.0 cm³/mol. The number of hydrogen-bond acceptors (Lipinski definition) is 3. The van der Waals surface area contributed by atoms with Gasteiger partial charge in [-0.2, -0.15) is 0 Å². The topological polar surface area (TPSA) is 23.9 Å². The van der Waals surface area contributed by atoms with Crippen molar-refractivity contribution >= 4 is 52.9 Å². The average Bonchev–Trinajstić information content (AvgIpc) is 2.82. The van der Waals surface area contributed by atoms with Crippen molar-refractivity contribution in [2.75, 3.05) is 5.75 Å². The van der Waals surface area contributed by atoms with Crippen LogP contribution in [-0.4, -0.2) is 21.3 Å². The van der Waals surface area contributed by atoms with Crippen LogP contribution in [0.5, 0.6) is 0 Å². The van der Waals surface area contributed by atoms with Gasteiger partial charge in [0.1, 0.15) is 0 Å². The minimum Gasteiger partial charge on any atom is -0.313 e. The van der Waals surface area contributed by atoms with Crippen molar-refractivity contribution < 1.29 is 0 Å². The van der Waals surface area contributed by atoms with Crippen LogP contribution >= 0.6 is 46.7 Å². The summed E-state index contributed by atoms with van der Waals surface area (Å²) < 4.78 is 0.158. The van der Waals surface area contributed by atoms with E-state index in [-0.39, 0.29) is 4.08 Å². The largest absolute Gasteiger partial charge is 0.313 e. The summed E-state index contributed by atoms with van der Waals surface area (Å²) in [5, 5.41) is 9.63. The van der Waals surface area contributed by atoms with Crippen LogP contribution in [0.3, 0.4) is 0 Å². The first kappa shape index (κ1) is 16.5. The Hall–Kier alpha value is 0.170. The van der Waals surface area contributed by atoms with Gasteiger partial charge in [0.25, 0.3) is 0 Å². The second-order valence-corrected chi connectivity index (χ2v) is 9.20. The summed E-state index contributed by atoms with van der Waals surface area (Å²) in [6, 6.07) is 5.73. The predicted octanol–water partition coefficient (Wildman–Crippen LogP) is 5.92. The lowest BCUT2D eigenvalue weighted by Crippen LogP contribution is -2.19. The van der Waals surface area contributed by atoms with Crippen molar-refractivity contribution in [3.05, 3.63) is 33.8 Å². The number of halogens is 2. The zero-order valence-electron chi connectivity index (χ0n) is 11.5. The van der Waals surface area contributed by atoms with Gasteiger partial charge in [0, 0.05) is 27.5 Å². The van der Waals surface area contributed by atoms with Crippen LogP contribution in [0.1, 0.15) is 31.7 Å². The lowest BCUT2D eigenvalue weighted by Gasteiger charge is -2.26. The Kier molecular flexibility index (Phi) is 6.15. The van der Waals surface area contributed by atoms with Gasteiger partial charge in [-0.25, -0.2) is 0 Å². The third kappa shape index (κ3) is 4.09. The monoisotopic (exact) mass is 347 g/mol. The highest BCUT2D eigenvalue weighted by atomic mass is 35.5. The molecule has 0 saturated carbocycles. The van der Waals surface area contributed by atoms with Crippen LogP contribution in [-0.2, 0) is 6.42 Å². The zero-order valence-corrected chi connectivity index (χ0v) is 14.6. The Bertz CT molecular complexity index is 481. The second kappa shape index (κ2) is 7.44. The van der Waals surface area contributed by atoms with E-state index in [0.717, 1.165) is 35.1 Å². The molecule has 1 aliphatic rings. The van der Waals surface area contributed by atoms with Crippen LogP contribution in [0.4, 0.5) is 0 Å². The van der Waals surface area contributed by atoms with E-state index in [4.69, 9.17) is 28.6 Å². The minimum absolute atomic E-state index is 0.158. The maximum atomic E-state index is 7.47. The van der Waals surface area contributed by atoms with Crippen LogP contribution in [0.15, 0.2) is 18.2 Å². The van der Waals surface area contributed by atoms with Gasteiger partial charge in [0.15, 0.2) is 0 Å². The molecule has 1 aromatic rings. The van der Waals surface area contributed by atoms with Crippen LogP contribution in [0, 0.1) is 5.41 Å². The summed E-state index contributed by atoms with van der Waals surface area (Å²) in [5.74, 6) is 1.20. The molecule has 2 rings (SSSR count). The molecule has 0 radical (unpaired) electrons. The Balaban J connectivity index is 2.04. The van der Waals surface area contributed by atoms with Gasteiger partial charge in [-0.1, -0.05) is 36.2 Å². The highest BCUT2D eigenvalue weighted by Gasteiger charge is 2.38. The third-order valence-electron chi connectivity index (χ3n) is 3.57. The molecule has 1 N–H and O–H groups in total. The van der Waals surface area contributed by atoms with Gasteiger partial charge in [-0.05, 0) is 43.2 Å². The number of aryl methyl sites for hydroxylation is 1. The van der Waals surface area contributed by atoms with Crippen molar-refractivity contribution in [1.29, 1.82) is 5.41 Å². The minimum atomic E-state index is 0.158. The summed E-state index contributed by atoms with van der Waals surface area (Å²) in [4.78, 5) is 0. The fourth-order valence-corrected chi connectivity index (χ4v) is 6.57. The summed E-state index contributed by atoms with van der Waals surface area (Å²) >= 11 is 16.3. The van der Waals surface area contributed by atoms with Gasteiger partial charge in [0.2, 0.25) is 0 Å². The molecule has 1 fully saturated rings. The summed E-state index contributed by atoms with van der Waals surface area (Å²) in [5.41, 5.74) is 1.15. The Morgan fingerprint density at radius 1 is 1.45 bits per heavy atom. The molecule has 110 valence electrons. The molecule has 20 heavy (non-hydrogen) atoms. The molecule has 0 bridgehead atoms. The number of nitrogens with one attached hydrogen (secondary N) is 1. The molecule has 1 heterocycles. The highest BCUT2D eigenvalue weighted by Crippen LogP contribution is 2.53. The molecule has 5 heteroatoms. The van der Waals surface area contributed by atoms with E-state index in [1.54, 1.807) is 6.21 Å². The standard InChI is InChI=1S/C15H19Cl2NS2/c1-2-13-10-19-15(20-13,7-8-18)6-5-11-3-4-12(16)9-14(11)17/h3-4,8-9,13,18H,2,5-7,10H2,1H3. The summed E-state index contributed by atoms with van der Waals surface area (Å²) in [7, 11) is 0. The molecule has 1 saturated heterocycles. The fraction of sp³-hybridized carbons (Fsp3) is 0.533. The summed E-state index contributed by atoms with van der Waals surface area (Å²) in [6.07, 6.45) is 5.60. The first-order valence-electron chi connectivity index (χ1n) is 6.83. The van der Waals surface area contributed by atoms with Crippen molar-refractivity contribution in [2.24, 2.45) is 0 Å². The van der Waals surface area contributed by atoms with Crippen molar-refractivity contribution in [3.63, 3.8) is 0 Å². The quantitative estimate of drug-likeness (QED) is 0.645. The molecule has 0 aliphatic carbocycles. The van der Waals surface area contributed by atoms with Gasteiger partial charge in [-0.3, -0.25) is 0 Å². The number of benzene rings is 1. The van der Waals surface area contributed by atoms with Crippen molar-refractivity contribution in [3.8, 4) is 0 Å². The maximum Gasteiger partial charge on any atom is 0.0666 e. The Morgan fingerprint density at radius 3 is 2.85 bits per heavy atom. The lowest BCUT2D eigenvalue weighted by molar-refractivity contribution is 0.741. The third-order valence-corrected chi connectivity index (χ3v) is 8.11. The second-order valence-electron chi connectivity index (χ2n) is 5.01. The van der Waals surface area contributed by atoms with Crippen LogP contribution in [0.2, 0.25) is 10.0 Å². The zero-order chi connectivity index (χ0) is 14.6. The molecule has 2 atom stereocenters. The molecule has 0 aromatic heterocycles. The molecule has 1 aromatic carbocycles. The average molecular weight is 348 g/mol. The van der Waals surface area contributed by atoms with E-state index in [0.29, 0.717) is 5.02 Å². The van der Waals surface area contributed by atoms with E-state index in [9.17, 15) is 0 Å². The Morgan fingerprint density at radius 2 is 2.25 bits per heavy atom. The van der Waals surface area contributed by atoms with Crippen molar-refractivity contribution in [1.82, 2.24) is 0 Å². The van der Waals surface area contributed by atoms with E-state index in [1.807, 2.05) is 30.0 Å². The van der Waals surface area contributed by atoms with Gasteiger partial charge >= 0.3 is 0 Å². The van der Waals surface area contributed by atoms with E-state index in [2.05, 4.69) is 18.7 Å². The number of thioether (sulfide) groups is 2. The van der Waals surface area contributed by atoms with Crippen LogP contribution < -0.4 is 0 Å². The van der Waals surface area contributed by atoms with Gasteiger partial charge in [-0.15, -0.1) is 23.5 Å². The molecule has 1 nitrogen and oxygen atoms in total. The van der Waals surface area contributed by atoms with Crippen molar-refractivity contribution in [2.45, 2.75) is 41.9 Å². The molecule has 0 spiro atoms. The first-order valence-corrected chi connectivity index (χ1v) is 9.45. The molecular weight excluding hydrogens is 329 g/mol. The SMILES string of the molecule is CCC1CSC(CC=N)(CCc2ccc(Cl)cc2Cl)S1. The van der Waals surface area contributed by atoms with E-state index in [1.165, 1.54) is 12.2 Å². The smallest absolute Gasteiger partial charge is 0.0666 e. The van der Waals surface area contributed by atoms with Gasteiger partial charge < -0.3 is 5.41 Å². The Labute approximate surface area is 139 Å². The number of rotatable bonds is 6. The number of hydrogen-bond donors (Lipinski definition) is 1. The highest BCUT2D eigenvalue weighted by molar-refractivity contribution is 8.21. The fourth-order valence-electron chi connectivity index (χ4n) is 2.36. The van der Waals surface area contributed by atoms with E-state index >= 15 is 0 Å². The maximum absolute atomic E-state index is 7.47. The summed E-state index contributed by atoms with van der Waals surface area (Å²) in [6.45, 7) is 2.24. The molecule has 1 aliphatic heterocycles. The first-order chi connectivity index (χ1) is 9.58. The molecule has 2 unspecified atom stereocenters. The van der Waals surface area contributed by atoms with Crippen LogP contribution in [0.25, 0.3) is 0 Å². The normalized spacial score (nSPS) is 25.9. The molecular formula is C15H19Cl2NS2.